The Labute approximate surface area is 244 Å². The molecule has 0 spiro atoms. The zero-order valence-electron chi connectivity index (χ0n) is 24.9. The van der Waals surface area contributed by atoms with Crippen LogP contribution in [0.5, 0.6) is 0 Å². The summed E-state index contributed by atoms with van der Waals surface area (Å²) < 4.78 is 45.4. The quantitative estimate of drug-likeness (QED) is 0.363. The number of benzene rings is 1. The van der Waals surface area contributed by atoms with Crippen molar-refractivity contribution in [2.45, 2.75) is 103 Å². The maximum absolute atomic E-state index is 13.4. The van der Waals surface area contributed by atoms with Crippen molar-refractivity contribution in [3.05, 3.63) is 30.1 Å². The third-order valence-corrected chi connectivity index (χ3v) is 13.6. The molecule has 4 saturated carbocycles. The smallest absolute Gasteiger partial charge is 0.421 e. The molecule has 0 bridgehead atoms. The molecule has 4 fully saturated rings. The number of carbonyl (C=O) groups is 1. The van der Waals surface area contributed by atoms with Crippen LogP contribution in [0.25, 0.3) is 0 Å². The van der Waals surface area contributed by atoms with Gasteiger partial charge in [-0.1, -0.05) is 40.2 Å². The number of sulfonamides is 1. The number of aliphatic hydroxyl groups excluding tert-OH is 2. The fourth-order valence-corrected chi connectivity index (χ4v) is 11.2. The lowest BCUT2D eigenvalue weighted by Gasteiger charge is -2.64. The number of carbonyl (C=O) groups excluding carboxylic acids is 1. The molecular formula is C32H48FNO6S. The molecule has 3 N–H and O–H groups in total. The molecule has 0 heterocycles. The second-order valence-electron chi connectivity index (χ2n) is 14.1. The first-order valence-electron chi connectivity index (χ1n) is 15.6. The van der Waals surface area contributed by atoms with Gasteiger partial charge < -0.3 is 14.9 Å². The Morgan fingerprint density at radius 2 is 1.80 bits per heavy atom. The monoisotopic (exact) mass is 593 g/mol. The van der Waals surface area contributed by atoms with Crippen LogP contribution in [0.3, 0.4) is 0 Å². The number of ether oxygens (including phenoxy) is 1. The average Bonchev–Trinajstić information content (AvgIpc) is 3.27. The molecule has 4 aliphatic carbocycles. The Hall–Kier alpha value is -1.71. The first kappa shape index (κ1) is 30.7. The van der Waals surface area contributed by atoms with Crippen LogP contribution < -0.4 is 4.72 Å². The zero-order chi connectivity index (χ0) is 29.7. The number of amides is 1. The second-order valence-corrected chi connectivity index (χ2v) is 15.8. The van der Waals surface area contributed by atoms with E-state index in [1.165, 1.54) is 12.1 Å². The van der Waals surface area contributed by atoms with Gasteiger partial charge in [-0.3, -0.25) is 0 Å². The molecule has 11 atom stereocenters. The summed E-state index contributed by atoms with van der Waals surface area (Å²) >= 11 is 0. The van der Waals surface area contributed by atoms with Crippen LogP contribution in [-0.2, 0) is 14.8 Å². The minimum atomic E-state index is -4.22. The summed E-state index contributed by atoms with van der Waals surface area (Å²) in [7, 11) is -4.22. The van der Waals surface area contributed by atoms with E-state index in [9.17, 15) is 27.8 Å². The van der Waals surface area contributed by atoms with Crippen molar-refractivity contribution in [3.63, 3.8) is 0 Å². The highest BCUT2D eigenvalue weighted by Gasteiger charge is 2.64. The van der Waals surface area contributed by atoms with E-state index in [0.29, 0.717) is 30.1 Å². The van der Waals surface area contributed by atoms with Crippen LogP contribution in [0.1, 0.15) is 85.5 Å². The van der Waals surface area contributed by atoms with Gasteiger partial charge in [0.05, 0.1) is 23.7 Å². The standard InChI is InChI=1S/C32H48FNO6S/c1-5-23-27-18-21(35)11-14-32(27,4)26-12-15-31(3)24(9-10-25(31)28(26)29(23)36)19(2)13-16-40-30(37)34-41(38,39)22-8-6-7-20(33)17-22/h6-8,17,19,21,23-29,35-36H,5,9-16,18H2,1-4H3,(H,34,37)/t19-,21-,23-,24-,25+,26+,27+,28+,29-,31-,32-/m1/s1. The SMILES string of the molecule is CC[C@H]1[C@@H](O)[C@@H]2[C@H](CC[C@]3(C)[C@@H]([C@H](C)CCOC(=O)NS(=O)(=O)c4cccc(F)c4)CC[C@@H]23)[C@@]2(C)CC[C@@H](O)C[C@@H]12. The van der Waals surface area contributed by atoms with Crippen molar-refractivity contribution in [2.24, 2.45) is 52.3 Å². The number of halogens is 1. The van der Waals surface area contributed by atoms with Crippen molar-refractivity contribution >= 4 is 16.1 Å². The molecule has 1 amide bonds. The van der Waals surface area contributed by atoms with Gasteiger partial charge in [-0.05, 0) is 122 Å². The highest BCUT2D eigenvalue weighted by atomic mass is 32.2. The molecular weight excluding hydrogens is 545 g/mol. The highest BCUT2D eigenvalue weighted by molar-refractivity contribution is 7.90. The van der Waals surface area contributed by atoms with Crippen LogP contribution in [-0.4, -0.2) is 43.5 Å². The Kier molecular flexibility index (Phi) is 8.56. The number of hydrogen-bond donors (Lipinski definition) is 3. The van der Waals surface area contributed by atoms with E-state index >= 15 is 0 Å². The van der Waals surface area contributed by atoms with Gasteiger partial charge in [0.2, 0.25) is 0 Å². The van der Waals surface area contributed by atoms with E-state index in [4.69, 9.17) is 4.74 Å². The van der Waals surface area contributed by atoms with Crippen molar-refractivity contribution in [3.8, 4) is 0 Å². The highest BCUT2D eigenvalue weighted by Crippen LogP contribution is 2.69. The van der Waals surface area contributed by atoms with Crippen LogP contribution in [0.2, 0.25) is 0 Å². The maximum atomic E-state index is 13.4. The number of aliphatic hydroxyl groups is 2. The number of hydrogen-bond acceptors (Lipinski definition) is 6. The fraction of sp³-hybridized carbons (Fsp3) is 0.781. The summed E-state index contributed by atoms with van der Waals surface area (Å²) in [6, 6.07) is 4.48. The normalized spacial score (nSPS) is 41.0. The molecule has 0 unspecified atom stereocenters. The van der Waals surface area contributed by atoms with Gasteiger partial charge >= 0.3 is 6.09 Å². The molecule has 230 valence electrons. The summed E-state index contributed by atoms with van der Waals surface area (Å²) in [5.74, 6) is 1.81. The van der Waals surface area contributed by atoms with Crippen molar-refractivity contribution in [1.29, 1.82) is 0 Å². The van der Waals surface area contributed by atoms with Gasteiger partial charge in [0, 0.05) is 0 Å². The number of fused-ring (bicyclic) bond motifs is 5. The average molecular weight is 594 g/mol. The van der Waals surface area contributed by atoms with Crippen molar-refractivity contribution in [1.82, 2.24) is 4.72 Å². The molecule has 0 saturated heterocycles. The van der Waals surface area contributed by atoms with Crippen LogP contribution >= 0.6 is 0 Å². The minimum Gasteiger partial charge on any atom is -0.449 e. The Morgan fingerprint density at radius 1 is 1.10 bits per heavy atom. The Bertz CT molecular complexity index is 1230. The van der Waals surface area contributed by atoms with E-state index < -0.39 is 21.9 Å². The lowest BCUT2D eigenvalue weighted by atomic mass is 9.41. The molecule has 4 aliphatic rings. The second kappa shape index (κ2) is 11.4. The van der Waals surface area contributed by atoms with Crippen molar-refractivity contribution in [2.75, 3.05) is 6.61 Å². The number of rotatable bonds is 7. The summed E-state index contributed by atoms with van der Waals surface area (Å²) in [5, 5.41) is 22.4. The molecule has 5 rings (SSSR count). The third-order valence-electron chi connectivity index (χ3n) is 12.3. The topological polar surface area (TPSA) is 113 Å². The molecule has 0 aromatic heterocycles. The molecule has 9 heteroatoms. The summed E-state index contributed by atoms with van der Waals surface area (Å²) in [6.07, 6.45) is 7.03. The first-order valence-corrected chi connectivity index (χ1v) is 17.1. The van der Waals surface area contributed by atoms with Gasteiger partial charge in [-0.2, -0.15) is 0 Å². The summed E-state index contributed by atoms with van der Waals surface area (Å²) in [4.78, 5) is 11.9. The van der Waals surface area contributed by atoms with Crippen molar-refractivity contribution < 1.29 is 32.6 Å². The fourth-order valence-electron chi connectivity index (χ4n) is 10.3. The van der Waals surface area contributed by atoms with Gasteiger partial charge in [-0.15, -0.1) is 0 Å². The van der Waals surface area contributed by atoms with E-state index in [1.54, 1.807) is 0 Å². The van der Waals surface area contributed by atoms with Gasteiger partial charge in [-0.25, -0.2) is 22.3 Å². The Balaban J connectivity index is 1.22. The van der Waals surface area contributed by atoms with E-state index in [0.717, 1.165) is 63.5 Å². The lowest BCUT2D eigenvalue weighted by molar-refractivity contribution is -0.203. The maximum Gasteiger partial charge on any atom is 0.421 e. The van der Waals surface area contributed by atoms with Crippen LogP contribution in [0, 0.1) is 58.1 Å². The Morgan fingerprint density at radius 3 is 2.51 bits per heavy atom. The van der Waals surface area contributed by atoms with E-state index in [-0.39, 0.29) is 52.3 Å². The number of nitrogens with one attached hydrogen (secondary N) is 1. The minimum absolute atomic E-state index is 0.0948. The largest absolute Gasteiger partial charge is 0.449 e. The van der Waals surface area contributed by atoms with E-state index in [1.807, 2.05) is 4.72 Å². The first-order chi connectivity index (χ1) is 19.3. The van der Waals surface area contributed by atoms with Gasteiger partial charge in [0.25, 0.3) is 10.0 Å². The molecule has 0 aliphatic heterocycles. The van der Waals surface area contributed by atoms with Gasteiger partial charge in [0.15, 0.2) is 0 Å². The van der Waals surface area contributed by atoms with Gasteiger partial charge in [0.1, 0.15) is 5.82 Å². The molecule has 1 aromatic carbocycles. The lowest BCUT2D eigenvalue weighted by Crippen LogP contribution is -2.62. The zero-order valence-corrected chi connectivity index (χ0v) is 25.7. The molecule has 0 radical (unpaired) electrons. The third kappa shape index (κ3) is 5.44. The predicted octanol–water partition coefficient (Wildman–Crippen LogP) is 5.89. The van der Waals surface area contributed by atoms with Crippen LogP contribution in [0.15, 0.2) is 29.2 Å². The van der Waals surface area contributed by atoms with Crippen LogP contribution in [0.4, 0.5) is 9.18 Å². The molecule has 7 nitrogen and oxygen atoms in total. The summed E-state index contributed by atoms with van der Waals surface area (Å²) in [6.45, 7) is 9.34. The summed E-state index contributed by atoms with van der Waals surface area (Å²) in [5.41, 5.74) is 0.266. The predicted molar refractivity (Wildman–Crippen MR) is 154 cm³/mol. The van der Waals surface area contributed by atoms with E-state index in [2.05, 4.69) is 27.7 Å². The molecule has 41 heavy (non-hydrogen) atoms. The molecule has 1 aromatic rings.